The molecule has 0 aromatic carbocycles. The molecule has 1 aliphatic rings. The van der Waals surface area contributed by atoms with Crippen LogP contribution in [0, 0.1) is 24.7 Å². The minimum Gasteiger partial charge on any atom is -0.436 e. The van der Waals surface area contributed by atoms with E-state index in [9.17, 15) is 9.59 Å². The largest absolute Gasteiger partial charge is 0.436 e. The predicted molar refractivity (Wildman–Crippen MR) is 66.4 cm³/mol. The summed E-state index contributed by atoms with van der Waals surface area (Å²) in [5, 5.41) is 0. The number of hydrogen-bond donors (Lipinski definition) is 0. The van der Waals surface area contributed by atoms with Gasteiger partial charge in [-0.3, -0.25) is 4.79 Å². The van der Waals surface area contributed by atoms with E-state index in [-0.39, 0.29) is 12.5 Å². The summed E-state index contributed by atoms with van der Waals surface area (Å²) in [5.74, 6) is 4.70. The molecule has 1 heterocycles. The van der Waals surface area contributed by atoms with Gasteiger partial charge < -0.3 is 14.5 Å². The zero-order valence-electron chi connectivity index (χ0n) is 10.2. The molecule has 0 bridgehead atoms. The van der Waals surface area contributed by atoms with Gasteiger partial charge in [-0.05, 0) is 0 Å². The first-order chi connectivity index (χ1) is 8.69. The Kier molecular flexibility index (Phi) is 5.60. The number of rotatable bonds is 3. The number of hydrogen-bond acceptors (Lipinski definition) is 3. The summed E-state index contributed by atoms with van der Waals surface area (Å²) in [6.07, 6.45) is 10.5. The molecule has 0 N–H and O–H groups in total. The Morgan fingerprint density at radius 2 is 1.67 bits per heavy atom. The maximum absolute atomic E-state index is 11.7. The van der Waals surface area contributed by atoms with Crippen LogP contribution in [0.25, 0.3) is 0 Å². The maximum atomic E-state index is 11.7. The molecule has 5 nitrogen and oxygen atoms in total. The van der Waals surface area contributed by atoms with Crippen LogP contribution in [0.2, 0.25) is 0 Å². The summed E-state index contributed by atoms with van der Waals surface area (Å²) >= 11 is 0. The third-order valence-electron chi connectivity index (χ3n) is 2.65. The average Bonchev–Trinajstić information content (AvgIpc) is 2.42. The van der Waals surface area contributed by atoms with Crippen LogP contribution in [0.1, 0.15) is 12.8 Å². The van der Waals surface area contributed by atoms with Crippen molar-refractivity contribution in [2.24, 2.45) is 0 Å². The van der Waals surface area contributed by atoms with Crippen LogP contribution in [-0.4, -0.2) is 54.6 Å². The van der Waals surface area contributed by atoms with E-state index < -0.39 is 6.09 Å². The van der Waals surface area contributed by atoms with E-state index in [4.69, 9.17) is 17.6 Å². The standard InChI is InChI=1S/C13H16N2O3/c1-3-5-6-12(16)14-7-9-15(10-8-14)13(17)18-11-4-2/h1-2H,5-11H2. The number of carbonyl (C=O) groups excluding carboxylic acids is 2. The van der Waals surface area contributed by atoms with Gasteiger partial charge in [0.05, 0.1) is 0 Å². The molecule has 0 atom stereocenters. The van der Waals surface area contributed by atoms with Crippen LogP contribution >= 0.6 is 0 Å². The van der Waals surface area contributed by atoms with Crippen molar-refractivity contribution < 1.29 is 14.3 Å². The fraction of sp³-hybridized carbons (Fsp3) is 0.538. The quantitative estimate of drug-likeness (QED) is 0.676. The first-order valence-corrected chi connectivity index (χ1v) is 5.75. The van der Waals surface area contributed by atoms with Gasteiger partial charge in [-0.15, -0.1) is 18.8 Å². The molecule has 1 aliphatic heterocycles. The summed E-state index contributed by atoms with van der Waals surface area (Å²) in [4.78, 5) is 26.4. The zero-order chi connectivity index (χ0) is 13.4. The second-order valence-electron chi connectivity index (χ2n) is 3.83. The molecular formula is C13H16N2O3. The minimum absolute atomic E-state index is 0.0276. The van der Waals surface area contributed by atoms with Crippen molar-refractivity contribution >= 4 is 12.0 Å². The number of terminal acetylenes is 2. The molecular weight excluding hydrogens is 232 g/mol. The van der Waals surface area contributed by atoms with Gasteiger partial charge in [0.25, 0.3) is 0 Å². The van der Waals surface area contributed by atoms with Gasteiger partial charge in [-0.2, -0.15) is 0 Å². The molecule has 1 fully saturated rings. The Balaban J connectivity index is 2.33. The second-order valence-corrected chi connectivity index (χ2v) is 3.83. The second kappa shape index (κ2) is 7.24. The number of ether oxygens (including phenoxy) is 1. The van der Waals surface area contributed by atoms with Crippen molar-refractivity contribution in [1.29, 1.82) is 0 Å². The average molecular weight is 248 g/mol. The van der Waals surface area contributed by atoms with Gasteiger partial charge >= 0.3 is 6.09 Å². The molecule has 1 saturated heterocycles. The SMILES string of the molecule is C#CCCC(=O)N1CCN(C(=O)OCC#C)CC1. The van der Waals surface area contributed by atoms with Crippen LogP contribution < -0.4 is 0 Å². The first-order valence-electron chi connectivity index (χ1n) is 5.75. The molecule has 0 saturated carbocycles. The molecule has 1 rings (SSSR count). The van der Waals surface area contributed by atoms with Crippen LogP contribution in [0.3, 0.4) is 0 Å². The van der Waals surface area contributed by atoms with Crippen LogP contribution in [0.4, 0.5) is 4.79 Å². The molecule has 0 unspecified atom stereocenters. The number of nitrogens with zero attached hydrogens (tertiary/aromatic N) is 2. The first kappa shape index (κ1) is 13.9. The number of amides is 2. The molecule has 2 amide bonds. The van der Waals surface area contributed by atoms with E-state index in [0.29, 0.717) is 39.0 Å². The smallest absolute Gasteiger partial charge is 0.410 e. The van der Waals surface area contributed by atoms with Crippen LogP contribution in [0.5, 0.6) is 0 Å². The summed E-state index contributed by atoms with van der Waals surface area (Å²) in [7, 11) is 0. The van der Waals surface area contributed by atoms with Gasteiger partial charge in [-0.1, -0.05) is 5.92 Å². The molecule has 0 spiro atoms. The normalized spacial score (nSPS) is 14.6. The minimum atomic E-state index is -0.427. The Labute approximate surface area is 107 Å². The molecule has 0 aliphatic carbocycles. The Hall–Kier alpha value is -2.14. The fourth-order valence-corrected chi connectivity index (χ4v) is 1.67. The van der Waals surface area contributed by atoms with Crippen molar-refractivity contribution in [2.45, 2.75) is 12.8 Å². The lowest BCUT2D eigenvalue weighted by Gasteiger charge is -2.33. The summed E-state index contributed by atoms with van der Waals surface area (Å²) in [6.45, 7) is 1.92. The molecule has 18 heavy (non-hydrogen) atoms. The lowest BCUT2D eigenvalue weighted by Crippen LogP contribution is -2.50. The zero-order valence-corrected chi connectivity index (χ0v) is 10.2. The lowest BCUT2D eigenvalue weighted by molar-refractivity contribution is -0.132. The molecule has 5 heteroatoms. The Morgan fingerprint density at radius 1 is 1.06 bits per heavy atom. The van der Waals surface area contributed by atoms with E-state index >= 15 is 0 Å². The highest BCUT2D eigenvalue weighted by atomic mass is 16.6. The monoisotopic (exact) mass is 248 g/mol. The van der Waals surface area contributed by atoms with Crippen molar-refractivity contribution in [3.8, 4) is 24.7 Å². The van der Waals surface area contributed by atoms with Gasteiger partial charge in [-0.25, -0.2) is 4.79 Å². The number of piperazine rings is 1. The van der Waals surface area contributed by atoms with E-state index in [1.54, 1.807) is 9.80 Å². The molecule has 0 radical (unpaired) electrons. The third-order valence-corrected chi connectivity index (χ3v) is 2.65. The van der Waals surface area contributed by atoms with E-state index in [1.165, 1.54) is 0 Å². The third kappa shape index (κ3) is 4.03. The fourth-order valence-electron chi connectivity index (χ4n) is 1.67. The van der Waals surface area contributed by atoms with Crippen LogP contribution in [0.15, 0.2) is 0 Å². The Bertz CT molecular complexity index is 346. The van der Waals surface area contributed by atoms with Crippen molar-refractivity contribution in [3.05, 3.63) is 0 Å². The topological polar surface area (TPSA) is 49.9 Å². The van der Waals surface area contributed by atoms with Gasteiger partial charge in [0.2, 0.25) is 5.91 Å². The van der Waals surface area contributed by atoms with Crippen LogP contribution in [-0.2, 0) is 9.53 Å². The Morgan fingerprint density at radius 3 is 2.22 bits per heavy atom. The highest BCUT2D eigenvalue weighted by molar-refractivity contribution is 5.77. The van der Waals surface area contributed by atoms with Crippen molar-refractivity contribution in [2.75, 3.05) is 32.8 Å². The van der Waals surface area contributed by atoms with E-state index in [1.807, 2.05) is 0 Å². The van der Waals surface area contributed by atoms with Gasteiger partial charge in [0.1, 0.15) is 0 Å². The van der Waals surface area contributed by atoms with Gasteiger partial charge in [0.15, 0.2) is 6.61 Å². The summed E-state index contributed by atoms with van der Waals surface area (Å²) in [6, 6.07) is 0. The molecule has 0 aromatic rings. The molecule has 0 aromatic heterocycles. The van der Waals surface area contributed by atoms with Gasteiger partial charge in [0, 0.05) is 39.0 Å². The number of carbonyl (C=O) groups is 2. The van der Waals surface area contributed by atoms with Crippen molar-refractivity contribution in [3.63, 3.8) is 0 Å². The van der Waals surface area contributed by atoms with E-state index in [2.05, 4.69) is 11.8 Å². The predicted octanol–water partition coefficient (Wildman–Crippen LogP) is 0.314. The molecule has 96 valence electrons. The summed E-state index contributed by atoms with van der Waals surface area (Å²) < 4.78 is 4.81. The van der Waals surface area contributed by atoms with Crippen molar-refractivity contribution in [1.82, 2.24) is 9.80 Å². The van der Waals surface area contributed by atoms with E-state index in [0.717, 1.165) is 0 Å². The maximum Gasteiger partial charge on any atom is 0.410 e. The highest BCUT2D eigenvalue weighted by Gasteiger charge is 2.24. The lowest BCUT2D eigenvalue weighted by atomic mass is 10.2. The summed E-state index contributed by atoms with van der Waals surface area (Å²) in [5.41, 5.74) is 0. The highest BCUT2D eigenvalue weighted by Crippen LogP contribution is 2.06.